The molecule has 0 aliphatic heterocycles. The van der Waals surface area contributed by atoms with Crippen LogP contribution in [0.5, 0.6) is 0 Å². The van der Waals surface area contributed by atoms with Gasteiger partial charge in [0.15, 0.2) is 0 Å². The van der Waals surface area contributed by atoms with Gasteiger partial charge in [0.2, 0.25) is 0 Å². The van der Waals surface area contributed by atoms with E-state index in [1.807, 2.05) is 30.5 Å². The molecule has 4 heteroatoms. The molecular formula is C10H19N3S. The van der Waals surface area contributed by atoms with E-state index in [-0.39, 0.29) is 0 Å². The summed E-state index contributed by atoms with van der Waals surface area (Å²) in [5.74, 6) is 1.21. The number of hydrogen-bond acceptors (Lipinski definition) is 3. The molecule has 0 bridgehead atoms. The van der Waals surface area contributed by atoms with Gasteiger partial charge in [-0.1, -0.05) is 6.92 Å². The van der Waals surface area contributed by atoms with Gasteiger partial charge in [-0.25, -0.2) is 4.98 Å². The Kier molecular flexibility index (Phi) is 5.71. The molecule has 1 rings (SSSR count). The van der Waals surface area contributed by atoms with E-state index < -0.39 is 0 Å². The Balaban J connectivity index is 1.99. The Bertz CT molecular complexity index is 223. The summed E-state index contributed by atoms with van der Waals surface area (Å²) in [4.78, 5) is 4.01. The molecule has 0 saturated heterocycles. The molecule has 2 N–H and O–H groups in total. The van der Waals surface area contributed by atoms with Gasteiger partial charge < -0.3 is 10.3 Å². The number of nitrogens with zero attached hydrogens (tertiary/aromatic N) is 2. The maximum Gasteiger partial charge on any atom is 0.0945 e. The minimum atomic E-state index is 0.697. The highest BCUT2D eigenvalue weighted by molar-refractivity contribution is 7.99. The van der Waals surface area contributed by atoms with Gasteiger partial charge in [-0.05, 0) is 25.1 Å². The predicted molar refractivity (Wildman–Crippen MR) is 62.4 cm³/mol. The van der Waals surface area contributed by atoms with Gasteiger partial charge in [-0.3, -0.25) is 0 Å². The van der Waals surface area contributed by atoms with Crippen LogP contribution in [0.3, 0.4) is 0 Å². The first kappa shape index (κ1) is 11.6. The Labute approximate surface area is 90.1 Å². The Hall–Kier alpha value is -0.480. The van der Waals surface area contributed by atoms with E-state index in [4.69, 9.17) is 5.73 Å². The van der Waals surface area contributed by atoms with Crippen LogP contribution in [0.1, 0.15) is 19.8 Å². The average Bonchev–Trinajstić information content (AvgIpc) is 2.65. The molecule has 0 aromatic carbocycles. The summed E-state index contributed by atoms with van der Waals surface area (Å²) in [6.07, 6.45) is 8.03. The first-order valence-corrected chi connectivity index (χ1v) is 6.15. The molecule has 0 amide bonds. The van der Waals surface area contributed by atoms with Crippen LogP contribution in [0, 0.1) is 0 Å². The minimum Gasteiger partial charge on any atom is -0.337 e. The highest BCUT2D eigenvalue weighted by Crippen LogP contribution is 2.14. The zero-order valence-corrected chi connectivity index (χ0v) is 9.54. The van der Waals surface area contributed by atoms with Crippen LogP contribution in [-0.4, -0.2) is 27.1 Å². The second-order valence-corrected chi connectivity index (χ2v) is 4.96. The third-order valence-electron chi connectivity index (χ3n) is 2.10. The van der Waals surface area contributed by atoms with Crippen molar-refractivity contribution in [2.75, 3.05) is 12.3 Å². The molecule has 0 aliphatic rings. The molecule has 0 aliphatic carbocycles. The lowest BCUT2D eigenvalue weighted by atomic mass is 10.3. The molecular weight excluding hydrogens is 194 g/mol. The number of rotatable bonds is 7. The van der Waals surface area contributed by atoms with Crippen LogP contribution < -0.4 is 5.73 Å². The van der Waals surface area contributed by atoms with Crippen LogP contribution in [0.2, 0.25) is 0 Å². The van der Waals surface area contributed by atoms with Crippen molar-refractivity contribution < 1.29 is 0 Å². The van der Waals surface area contributed by atoms with E-state index in [9.17, 15) is 0 Å². The SMILES string of the molecule is CC(CCN)SCCCn1ccnc1. The molecule has 1 aromatic rings. The fourth-order valence-corrected chi connectivity index (χ4v) is 2.27. The number of aryl methyl sites for hydroxylation is 1. The molecule has 1 aromatic heterocycles. The van der Waals surface area contributed by atoms with Crippen molar-refractivity contribution in [1.82, 2.24) is 9.55 Å². The largest absolute Gasteiger partial charge is 0.337 e. The summed E-state index contributed by atoms with van der Waals surface area (Å²) < 4.78 is 2.12. The summed E-state index contributed by atoms with van der Waals surface area (Å²) in [5.41, 5.74) is 5.49. The highest BCUT2D eigenvalue weighted by atomic mass is 32.2. The molecule has 1 atom stereocenters. The van der Waals surface area contributed by atoms with Crippen molar-refractivity contribution >= 4 is 11.8 Å². The van der Waals surface area contributed by atoms with Crippen LogP contribution in [-0.2, 0) is 6.54 Å². The standard InChI is InChI=1S/C10H19N3S/c1-10(3-4-11)14-8-2-6-13-7-5-12-9-13/h5,7,9-10H,2-4,6,8,11H2,1H3. The lowest BCUT2D eigenvalue weighted by molar-refractivity contribution is 0.682. The Morgan fingerprint density at radius 3 is 3.07 bits per heavy atom. The summed E-state index contributed by atoms with van der Waals surface area (Å²) in [5, 5.41) is 0.697. The fourth-order valence-electron chi connectivity index (χ4n) is 1.27. The van der Waals surface area contributed by atoms with E-state index in [2.05, 4.69) is 16.5 Å². The number of hydrogen-bond donors (Lipinski definition) is 1. The molecule has 0 fully saturated rings. The Morgan fingerprint density at radius 2 is 2.43 bits per heavy atom. The number of imidazole rings is 1. The van der Waals surface area contributed by atoms with Gasteiger partial charge >= 0.3 is 0 Å². The molecule has 0 spiro atoms. The van der Waals surface area contributed by atoms with E-state index in [0.717, 1.165) is 19.5 Å². The van der Waals surface area contributed by atoms with Crippen LogP contribution >= 0.6 is 11.8 Å². The van der Waals surface area contributed by atoms with Crippen molar-refractivity contribution in [3.8, 4) is 0 Å². The molecule has 0 radical (unpaired) electrons. The first-order valence-electron chi connectivity index (χ1n) is 5.10. The van der Waals surface area contributed by atoms with Gasteiger partial charge in [-0.15, -0.1) is 0 Å². The first-order chi connectivity index (χ1) is 6.83. The number of thioether (sulfide) groups is 1. The summed E-state index contributed by atoms with van der Waals surface area (Å²) in [6.45, 7) is 4.12. The molecule has 1 unspecified atom stereocenters. The lowest BCUT2D eigenvalue weighted by Crippen LogP contribution is -2.08. The molecule has 1 heterocycles. The average molecular weight is 213 g/mol. The van der Waals surface area contributed by atoms with Gasteiger partial charge in [-0.2, -0.15) is 11.8 Å². The third kappa shape index (κ3) is 4.67. The van der Waals surface area contributed by atoms with Crippen LogP contribution in [0.15, 0.2) is 18.7 Å². The maximum atomic E-state index is 5.49. The maximum absolute atomic E-state index is 5.49. The zero-order chi connectivity index (χ0) is 10.2. The minimum absolute atomic E-state index is 0.697. The second kappa shape index (κ2) is 6.90. The molecule has 14 heavy (non-hydrogen) atoms. The normalized spacial score (nSPS) is 13.0. The van der Waals surface area contributed by atoms with E-state index in [1.54, 1.807) is 0 Å². The van der Waals surface area contributed by atoms with Gasteiger partial charge in [0.1, 0.15) is 0 Å². The van der Waals surface area contributed by atoms with Crippen LogP contribution in [0.4, 0.5) is 0 Å². The number of aromatic nitrogens is 2. The topological polar surface area (TPSA) is 43.8 Å². The quantitative estimate of drug-likeness (QED) is 0.702. The van der Waals surface area contributed by atoms with E-state index >= 15 is 0 Å². The summed E-state index contributed by atoms with van der Waals surface area (Å²) >= 11 is 2.01. The summed E-state index contributed by atoms with van der Waals surface area (Å²) in [6, 6.07) is 0. The smallest absolute Gasteiger partial charge is 0.0945 e. The number of nitrogens with two attached hydrogens (primary N) is 1. The van der Waals surface area contributed by atoms with Gasteiger partial charge in [0.05, 0.1) is 6.33 Å². The van der Waals surface area contributed by atoms with Crippen molar-refractivity contribution in [3.63, 3.8) is 0 Å². The van der Waals surface area contributed by atoms with Gasteiger partial charge in [0, 0.05) is 24.2 Å². The summed E-state index contributed by atoms with van der Waals surface area (Å²) in [7, 11) is 0. The van der Waals surface area contributed by atoms with Gasteiger partial charge in [0.25, 0.3) is 0 Å². The second-order valence-electron chi connectivity index (χ2n) is 3.41. The van der Waals surface area contributed by atoms with Crippen LogP contribution in [0.25, 0.3) is 0 Å². The van der Waals surface area contributed by atoms with Crippen molar-refractivity contribution in [2.45, 2.75) is 31.6 Å². The van der Waals surface area contributed by atoms with Crippen molar-refractivity contribution in [1.29, 1.82) is 0 Å². The monoisotopic (exact) mass is 213 g/mol. The third-order valence-corrected chi connectivity index (χ3v) is 3.42. The fraction of sp³-hybridized carbons (Fsp3) is 0.700. The van der Waals surface area contributed by atoms with Crippen molar-refractivity contribution in [2.24, 2.45) is 5.73 Å². The highest BCUT2D eigenvalue weighted by Gasteiger charge is 2.00. The molecule has 3 nitrogen and oxygen atoms in total. The lowest BCUT2D eigenvalue weighted by Gasteiger charge is -2.09. The van der Waals surface area contributed by atoms with Crippen molar-refractivity contribution in [3.05, 3.63) is 18.7 Å². The predicted octanol–water partition coefficient (Wildman–Crippen LogP) is 1.74. The van der Waals surface area contributed by atoms with E-state index in [1.165, 1.54) is 12.2 Å². The molecule has 0 saturated carbocycles. The Morgan fingerprint density at radius 1 is 1.57 bits per heavy atom. The zero-order valence-electron chi connectivity index (χ0n) is 8.72. The molecule has 80 valence electrons. The van der Waals surface area contributed by atoms with E-state index in [0.29, 0.717) is 5.25 Å².